The van der Waals surface area contributed by atoms with Crippen LogP contribution in [-0.2, 0) is 4.79 Å². The van der Waals surface area contributed by atoms with E-state index in [0.717, 1.165) is 0 Å². The molecule has 16 heavy (non-hydrogen) atoms. The van der Waals surface area contributed by atoms with Gasteiger partial charge in [0.1, 0.15) is 10.3 Å². The van der Waals surface area contributed by atoms with Crippen LogP contribution >= 0.6 is 15.9 Å². The van der Waals surface area contributed by atoms with Gasteiger partial charge in [-0.25, -0.2) is 4.98 Å². The molecule has 0 atom stereocenters. The van der Waals surface area contributed by atoms with E-state index in [1.54, 1.807) is 18.2 Å². The van der Waals surface area contributed by atoms with E-state index < -0.39 is 0 Å². The summed E-state index contributed by atoms with van der Waals surface area (Å²) in [6.07, 6.45) is 0. The van der Waals surface area contributed by atoms with Gasteiger partial charge in [-0.05, 0) is 28.1 Å². The first-order chi connectivity index (χ1) is 7.66. The predicted molar refractivity (Wildman–Crippen MR) is 60.9 cm³/mol. The Hall–Kier alpha value is -1.43. The molecule has 0 aliphatic carbocycles. The second-order valence-electron chi connectivity index (χ2n) is 3.42. The van der Waals surface area contributed by atoms with Gasteiger partial charge in [-0.1, -0.05) is 6.07 Å². The van der Waals surface area contributed by atoms with Crippen molar-refractivity contribution in [2.45, 2.75) is 0 Å². The summed E-state index contributed by atoms with van der Waals surface area (Å²) < 4.78 is 0.611. The lowest BCUT2D eigenvalue weighted by molar-refractivity contribution is -0.123. The van der Waals surface area contributed by atoms with Crippen LogP contribution in [0.3, 0.4) is 0 Å². The summed E-state index contributed by atoms with van der Waals surface area (Å²) in [5, 5.41) is 2.67. The second kappa shape index (κ2) is 4.61. The van der Waals surface area contributed by atoms with Gasteiger partial charge >= 0.3 is 0 Å². The van der Waals surface area contributed by atoms with E-state index in [1.807, 2.05) is 0 Å². The lowest BCUT2D eigenvalue weighted by Gasteiger charge is -2.26. The minimum atomic E-state index is -0.212. The van der Waals surface area contributed by atoms with Crippen LogP contribution in [0.2, 0.25) is 0 Å². The Labute approximate surface area is 101 Å². The smallest absolute Gasteiger partial charge is 0.273 e. The standard InChI is InChI=1S/C10H10BrN3O2/c11-8-3-1-2-7(13-8)10(16)14-5-4-12-9(15)6-14/h1-3H,4-6H2,(H,12,15). The van der Waals surface area contributed by atoms with Gasteiger partial charge in [0.2, 0.25) is 5.91 Å². The number of hydrogen-bond acceptors (Lipinski definition) is 3. The zero-order chi connectivity index (χ0) is 11.5. The van der Waals surface area contributed by atoms with Crippen molar-refractivity contribution >= 4 is 27.7 Å². The molecule has 0 radical (unpaired) electrons. The summed E-state index contributed by atoms with van der Waals surface area (Å²) in [6, 6.07) is 5.13. The van der Waals surface area contributed by atoms with Crippen LogP contribution in [-0.4, -0.2) is 41.3 Å². The van der Waals surface area contributed by atoms with Crippen molar-refractivity contribution < 1.29 is 9.59 Å². The lowest BCUT2D eigenvalue weighted by atomic mass is 10.3. The molecule has 1 saturated heterocycles. The third kappa shape index (κ3) is 2.38. The zero-order valence-electron chi connectivity index (χ0n) is 8.44. The maximum absolute atomic E-state index is 12.0. The normalized spacial score (nSPS) is 15.8. The second-order valence-corrected chi connectivity index (χ2v) is 4.23. The summed E-state index contributed by atoms with van der Waals surface area (Å²) in [6.45, 7) is 1.13. The van der Waals surface area contributed by atoms with Crippen molar-refractivity contribution in [2.24, 2.45) is 0 Å². The number of piperazine rings is 1. The predicted octanol–water partition coefficient (Wildman–Crippen LogP) is 0.416. The summed E-state index contributed by atoms with van der Waals surface area (Å²) in [5.41, 5.74) is 0.351. The van der Waals surface area contributed by atoms with Crippen LogP contribution in [0.25, 0.3) is 0 Å². The summed E-state index contributed by atoms with van der Waals surface area (Å²) in [5.74, 6) is -0.342. The first kappa shape index (κ1) is 11.1. The zero-order valence-corrected chi connectivity index (χ0v) is 10.0. The fourth-order valence-electron chi connectivity index (χ4n) is 1.50. The quantitative estimate of drug-likeness (QED) is 0.760. The van der Waals surface area contributed by atoms with Gasteiger partial charge in [0.05, 0.1) is 6.54 Å². The summed E-state index contributed by atoms with van der Waals surface area (Å²) in [4.78, 5) is 28.7. The SMILES string of the molecule is O=C1CN(C(=O)c2cccc(Br)n2)CCN1. The first-order valence-corrected chi connectivity index (χ1v) is 5.64. The molecule has 2 amide bonds. The third-order valence-electron chi connectivity index (χ3n) is 2.26. The Kier molecular flexibility index (Phi) is 3.19. The Morgan fingerprint density at radius 1 is 1.50 bits per heavy atom. The molecular weight excluding hydrogens is 274 g/mol. The van der Waals surface area contributed by atoms with Gasteiger partial charge in [0.25, 0.3) is 5.91 Å². The molecule has 0 spiro atoms. The highest BCUT2D eigenvalue weighted by Crippen LogP contribution is 2.09. The molecule has 84 valence electrons. The molecule has 1 aromatic heterocycles. The maximum atomic E-state index is 12.0. The van der Waals surface area contributed by atoms with E-state index in [4.69, 9.17) is 0 Å². The number of nitrogens with zero attached hydrogens (tertiary/aromatic N) is 2. The molecule has 1 aliphatic rings. The fraction of sp³-hybridized carbons (Fsp3) is 0.300. The fourth-order valence-corrected chi connectivity index (χ4v) is 1.84. The van der Waals surface area contributed by atoms with Gasteiger partial charge in [-0.3, -0.25) is 9.59 Å². The van der Waals surface area contributed by atoms with Crippen LogP contribution < -0.4 is 5.32 Å². The van der Waals surface area contributed by atoms with E-state index in [1.165, 1.54) is 4.90 Å². The van der Waals surface area contributed by atoms with Crippen LogP contribution in [0.15, 0.2) is 22.8 Å². The van der Waals surface area contributed by atoms with Crippen LogP contribution in [0.5, 0.6) is 0 Å². The highest BCUT2D eigenvalue weighted by molar-refractivity contribution is 9.10. The first-order valence-electron chi connectivity index (χ1n) is 4.85. The number of nitrogens with one attached hydrogen (secondary N) is 1. The monoisotopic (exact) mass is 283 g/mol. The van der Waals surface area contributed by atoms with Crippen molar-refractivity contribution in [1.82, 2.24) is 15.2 Å². The largest absolute Gasteiger partial charge is 0.353 e. The van der Waals surface area contributed by atoms with E-state index in [0.29, 0.717) is 23.4 Å². The molecule has 1 aliphatic heterocycles. The molecule has 0 bridgehead atoms. The number of rotatable bonds is 1. The number of halogens is 1. The van der Waals surface area contributed by atoms with E-state index in [2.05, 4.69) is 26.2 Å². The van der Waals surface area contributed by atoms with Crippen LogP contribution in [0.1, 0.15) is 10.5 Å². The van der Waals surface area contributed by atoms with Gasteiger partial charge in [0, 0.05) is 13.1 Å². The van der Waals surface area contributed by atoms with Crippen molar-refractivity contribution in [2.75, 3.05) is 19.6 Å². The number of hydrogen-bond donors (Lipinski definition) is 1. The summed E-state index contributed by atoms with van der Waals surface area (Å²) >= 11 is 3.21. The molecule has 2 heterocycles. The molecule has 0 aromatic carbocycles. The molecular formula is C10H10BrN3O2. The lowest BCUT2D eigenvalue weighted by Crippen LogP contribution is -2.50. The minimum Gasteiger partial charge on any atom is -0.353 e. The van der Waals surface area contributed by atoms with Crippen molar-refractivity contribution in [3.8, 4) is 0 Å². The number of amides is 2. The van der Waals surface area contributed by atoms with Crippen molar-refractivity contribution in [1.29, 1.82) is 0 Å². The Bertz CT molecular complexity index is 436. The van der Waals surface area contributed by atoms with Gasteiger partial charge in [0.15, 0.2) is 0 Å². The molecule has 1 aromatic rings. The molecule has 0 saturated carbocycles. The Morgan fingerprint density at radius 2 is 2.31 bits per heavy atom. The average molecular weight is 284 g/mol. The van der Waals surface area contributed by atoms with E-state index in [-0.39, 0.29) is 18.4 Å². The third-order valence-corrected chi connectivity index (χ3v) is 2.70. The molecule has 2 rings (SSSR count). The Balaban J connectivity index is 2.15. The molecule has 6 heteroatoms. The highest BCUT2D eigenvalue weighted by atomic mass is 79.9. The number of pyridine rings is 1. The van der Waals surface area contributed by atoms with Gasteiger partial charge in [-0.15, -0.1) is 0 Å². The van der Waals surface area contributed by atoms with E-state index in [9.17, 15) is 9.59 Å². The maximum Gasteiger partial charge on any atom is 0.273 e. The summed E-state index contributed by atoms with van der Waals surface area (Å²) in [7, 11) is 0. The number of aromatic nitrogens is 1. The van der Waals surface area contributed by atoms with Crippen molar-refractivity contribution in [3.05, 3.63) is 28.5 Å². The molecule has 0 unspecified atom stereocenters. The average Bonchev–Trinajstić information content (AvgIpc) is 2.28. The van der Waals surface area contributed by atoms with Crippen LogP contribution in [0, 0.1) is 0 Å². The number of carbonyl (C=O) groups excluding carboxylic acids is 2. The van der Waals surface area contributed by atoms with E-state index >= 15 is 0 Å². The van der Waals surface area contributed by atoms with Crippen LogP contribution in [0.4, 0.5) is 0 Å². The van der Waals surface area contributed by atoms with Gasteiger partial charge < -0.3 is 10.2 Å². The van der Waals surface area contributed by atoms with Gasteiger partial charge in [-0.2, -0.15) is 0 Å². The Morgan fingerprint density at radius 3 is 3.00 bits per heavy atom. The highest BCUT2D eigenvalue weighted by Gasteiger charge is 2.22. The molecule has 5 nitrogen and oxygen atoms in total. The van der Waals surface area contributed by atoms with Crippen molar-refractivity contribution in [3.63, 3.8) is 0 Å². The number of carbonyl (C=O) groups is 2. The molecule has 1 fully saturated rings. The molecule has 1 N–H and O–H groups in total. The topological polar surface area (TPSA) is 62.3 Å². The minimum absolute atomic E-state index is 0.104.